The van der Waals surface area contributed by atoms with Gasteiger partial charge in [-0.25, -0.2) is 0 Å². The summed E-state index contributed by atoms with van der Waals surface area (Å²) in [4.78, 5) is 0. The fourth-order valence-electron chi connectivity index (χ4n) is 1.02. The van der Waals surface area contributed by atoms with Crippen molar-refractivity contribution in [2.24, 2.45) is 0 Å². The summed E-state index contributed by atoms with van der Waals surface area (Å²) in [5.74, 6) is 0. The third kappa shape index (κ3) is 5.70. The van der Waals surface area contributed by atoms with Crippen LogP contribution in [-0.4, -0.2) is 0 Å². The van der Waals surface area contributed by atoms with E-state index in [0.29, 0.717) is 0 Å². The third-order valence-corrected chi connectivity index (χ3v) is 1.73. The Bertz CT molecular complexity index is 208. The van der Waals surface area contributed by atoms with Crippen molar-refractivity contribution in [2.45, 2.75) is 41.5 Å². The van der Waals surface area contributed by atoms with Crippen LogP contribution in [0.25, 0.3) is 0 Å². The van der Waals surface area contributed by atoms with E-state index < -0.39 is 0 Å². The first-order chi connectivity index (χ1) is 5.72. The van der Waals surface area contributed by atoms with Crippen molar-refractivity contribution in [2.75, 3.05) is 0 Å². The molecule has 13 heavy (non-hydrogen) atoms. The quantitative estimate of drug-likeness (QED) is 0.607. The van der Waals surface area contributed by atoms with Crippen LogP contribution in [0.1, 0.15) is 39.3 Å². The first-order valence-electron chi connectivity index (χ1n) is 4.48. The van der Waals surface area contributed by atoms with Gasteiger partial charge in [-0.2, -0.15) is 0 Å². The molecule has 0 spiro atoms. The van der Waals surface area contributed by atoms with Gasteiger partial charge in [-0.05, 0) is 36.6 Å². The van der Waals surface area contributed by atoms with E-state index >= 15 is 0 Å². The van der Waals surface area contributed by atoms with E-state index in [9.17, 15) is 0 Å². The molecule has 1 aromatic carbocycles. The van der Waals surface area contributed by atoms with Crippen LogP contribution in [0.5, 0.6) is 0 Å². The SMILES string of the molecule is C.CC.CCc1cc(C)cc(Cl)c1. The van der Waals surface area contributed by atoms with Gasteiger partial charge in [0, 0.05) is 5.02 Å². The lowest BCUT2D eigenvalue weighted by Crippen LogP contribution is -1.81. The predicted molar refractivity (Wildman–Crippen MR) is 63.6 cm³/mol. The molecule has 76 valence electrons. The Labute approximate surface area is 87.9 Å². The van der Waals surface area contributed by atoms with E-state index in [2.05, 4.69) is 19.9 Å². The summed E-state index contributed by atoms with van der Waals surface area (Å²) >= 11 is 5.83. The average Bonchev–Trinajstić information content (AvgIpc) is 2.06. The molecule has 0 N–H and O–H groups in total. The molecule has 0 aromatic heterocycles. The Morgan fingerprint density at radius 3 is 2.08 bits per heavy atom. The molecule has 0 aliphatic carbocycles. The van der Waals surface area contributed by atoms with Crippen LogP contribution in [0.4, 0.5) is 0 Å². The molecule has 0 aliphatic rings. The van der Waals surface area contributed by atoms with Crippen LogP contribution in [-0.2, 0) is 6.42 Å². The summed E-state index contributed by atoms with van der Waals surface area (Å²) in [6.07, 6.45) is 1.06. The lowest BCUT2D eigenvalue weighted by Gasteiger charge is -1.98. The van der Waals surface area contributed by atoms with Gasteiger partial charge < -0.3 is 0 Å². The monoisotopic (exact) mass is 200 g/mol. The summed E-state index contributed by atoms with van der Waals surface area (Å²) in [7, 11) is 0. The van der Waals surface area contributed by atoms with Gasteiger partial charge in [0.2, 0.25) is 0 Å². The van der Waals surface area contributed by atoms with Crippen molar-refractivity contribution < 1.29 is 0 Å². The topological polar surface area (TPSA) is 0 Å². The van der Waals surface area contributed by atoms with E-state index in [1.807, 2.05) is 26.0 Å². The molecule has 0 atom stereocenters. The molecule has 0 fully saturated rings. The molecule has 0 saturated carbocycles. The van der Waals surface area contributed by atoms with Crippen molar-refractivity contribution in [3.05, 3.63) is 34.3 Å². The zero-order valence-electron chi connectivity index (χ0n) is 8.32. The highest BCUT2D eigenvalue weighted by molar-refractivity contribution is 6.30. The minimum absolute atomic E-state index is 0. The Balaban J connectivity index is 0. The van der Waals surface area contributed by atoms with Crippen molar-refractivity contribution in [3.8, 4) is 0 Å². The van der Waals surface area contributed by atoms with Crippen molar-refractivity contribution in [1.29, 1.82) is 0 Å². The maximum atomic E-state index is 5.83. The zero-order valence-corrected chi connectivity index (χ0v) is 9.07. The highest BCUT2D eigenvalue weighted by atomic mass is 35.5. The number of hydrogen-bond acceptors (Lipinski definition) is 0. The predicted octanol–water partition coefficient (Wildman–Crippen LogP) is 4.87. The molecule has 0 unspecified atom stereocenters. The second-order valence-corrected chi connectivity index (χ2v) is 2.93. The van der Waals surface area contributed by atoms with Gasteiger partial charge in [-0.1, -0.05) is 45.9 Å². The molecule has 1 aromatic rings. The largest absolute Gasteiger partial charge is 0.0843 e. The summed E-state index contributed by atoms with van der Waals surface area (Å²) in [5.41, 5.74) is 2.55. The van der Waals surface area contributed by atoms with Gasteiger partial charge in [0.05, 0.1) is 0 Å². The minimum Gasteiger partial charge on any atom is -0.0843 e. The van der Waals surface area contributed by atoms with E-state index in [0.717, 1.165) is 11.4 Å². The molecule has 1 rings (SSSR count). The van der Waals surface area contributed by atoms with E-state index in [4.69, 9.17) is 11.6 Å². The Kier molecular flexibility index (Phi) is 9.38. The second-order valence-electron chi connectivity index (χ2n) is 2.49. The average molecular weight is 201 g/mol. The van der Waals surface area contributed by atoms with E-state index in [-0.39, 0.29) is 7.43 Å². The van der Waals surface area contributed by atoms with Crippen molar-refractivity contribution in [3.63, 3.8) is 0 Å². The third-order valence-electron chi connectivity index (χ3n) is 1.51. The van der Waals surface area contributed by atoms with Gasteiger partial charge in [-0.15, -0.1) is 0 Å². The first kappa shape index (κ1) is 15.0. The number of hydrogen-bond donors (Lipinski definition) is 0. The fourth-order valence-corrected chi connectivity index (χ4v) is 1.33. The van der Waals surface area contributed by atoms with Crippen molar-refractivity contribution >= 4 is 11.6 Å². The molecule has 0 heterocycles. The Morgan fingerprint density at radius 2 is 1.69 bits per heavy atom. The fraction of sp³-hybridized carbons (Fsp3) is 0.500. The van der Waals surface area contributed by atoms with Crippen LogP contribution in [0.3, 0.4) is 0 Å². The van der Waals surface area contributed by atoms with Crippen LogP contribution in [0, 0.1) is 6.92 Å². The molecule has 1 heteroatoms. The molecule has 0 amide bonds. The highest BCUT2D eigenvalue weighted by Crippen LogP contribution is 2.14. The number of rotatable bonds is 1. The molecule has 0 radical (unpaired) electrons. The first-order valence-corrected chi connectivity index (χ1v) is 4.86. The second kappa shape index (κ2) is 8.12. The normalized spacial score (nSPS) is 8.08. The highest BCUT2D eigenvalue weighted by Gasteiger charge is 1.92. The summed E-state index contributed by atoms with van der Waals surface area (Å²) in [5, 5.41) is 0.844. The number of aryl methyl sites for hydroxylation is 2. The van der Waals surface area contributed by atoms with Crippen LogP contribution < -0.4 is 0 Å². The van der Waals surface area contributed by atoms with E-state index in [1.165, 1.54) is 11.1 Å². The van der Waals surface area contributed by atoms with Gasteiger partial charge in [0.15, 0.2) is 0 Å². The lowest BCUT2D eigenvalue weighted by atomic mass is 10.1. The van der Waals surface area contributed by atoms with Crippen molar-refractivity contribution in [1.82, 2.24) is 0 Å². The summed E-state index contributed by atoms with van der Waals surface area (Å²) < 4.78 is 0. The number of benzene rings is 1. The van der Waals surface area contributed by atoms with Crippen LogP contribution >= 0.6 is 11.6 Å². The summed E-state index contributed by atoms with van der Waals surface area (Å²) in [6, 6.07) is 6.14. The standard InChI is InChI=1S/C9H11Cl.C2H6.CH4/c1-3-8-4-7(2)5-9(10)6-8;1-2;/h4-6H,3H2,1-2H3;1-2H3;1H4. The van der Waals surface area contributed by atoms with Gasteiger partial charge >= 0.3 is 0 Å². The molecule has 0 saturated heterocycles. The molecule has 0 aliphatic heterocycles. The Morgan fingerprint density at radius 1 is 1.15 bits per heavy atom. The smallest absolute Gasteiger partial charge is 0.0411 e. The Hall–Kier alpha value is -0.490. The molecular formula is C12H21Cl. The minimum atomic E-state index is 0. The lowest BCUT2D eigenvalue weighted by molar-refractivity contribution is 1.13. The molecular weight excluding hydrogens is 180 g/mol. The van der Waals surface area contributed by atoms with E-state index in [1.54, 1.807) is 0 Å². The summed E-state index contributed by atoms with van der Waals surface area (Å²) in [6.45, 7) is 8.19. The molecule has 0 nitrogen and oxygen atoms in total. The van der Waals surface area contributed by atoms with Crippen LogP contribution in [0.2, 0.25) is 5.02 Å². The van der Waals surface area contributed by atoms with Gasteiger partial charge in [-0.3, -0.25) is 0 Å². The zero-order chi connectivity index (χ0) is 9.56. The van der Waals surface area contributed by atoms with Gasteiger partial charge in [0.1, 0.15) is 0 Å². The maximum Gasteiger partial charge on any atom is 0.0411 e. The maximum absolute atomic E-state index is 5.83. The van der Waals surface area contributed by atoms with Gasteiger partial charge in [0.25, 0.3) is 0 Å². The molecule has 0 bridgehead atoms. The number of halogens is 1. The van der Waals surface area contributed by atoms with Crippen LogP contribution in [0.15, 0.2) is 18.2 Å².